The van der Waals surface area contributed by atoms with Crippen molar-refractivity contribution < 1.29 is 23.9 Å². The fourth-order valence-electron chi connectivity index (χ4n) is 3.69. The van der Waals surface area contributed by atoms with Crippen molar-refractivity contribution in [2.75, 3.05) is 38.2 Å². The molecule has 3 aliphatic rings. The van der Waals surface area contributed by atoms with Gasteiger partial charge < -0.3 is 19.7 Å². The Morgan fingerprint density at radius 2 is 2.07 bits per heavy atom. The molecule has 1 N–H and O–H groups in total. The number of nitrogens with one attached hydrogen (secondary N) is 1. The summed E-state index contributed by atoms with van der Waals surface area (Å²) in [5.41, 5.74) is 2.91. The van der Waals surface area contributed by atoms with E-state index < -0.39 is 6.09 Å². The SMILES string of the molecule is O=C(Nc1ccc2c(c1)CN(C(=O)CN1CCOC1=O)CC2)C1CCCO1. The van der Waals surface area contributed by atoms with Gasteiger partial charge in [0.05, 0.1) is 6.54 Å². The minimum Gasteiger partial charge on any atom is -0.448 e. The van der Waals surface area contributed by atoms with E-state index in [9.17, 15) is 14.4 Å². The molecule has 2 fully saturated rings. The molecule has 0 radical (unpaired) electrons. The highest BCUT2D eigenvalue weighted by Gasteiger charge is 2.28. The van der Waals surface area contributed by atoms with Gasteiger partial charge in [-0.25, -0.2) is 4.79 Å². The van der Waals surface area contributed by atoms with Crippen molar-refractivity contribution >= 4 is 23.6 Å². The molecule has 144 valence electrons. The molecule has 1 aromatic carbocycles. The van der Waals surface area contributed by atoms with Crippen LogP contribution in [0.15, 0.2) is 18.2 Å². The van der Waals surface area contributed by atoms with E-state index in [1.807, 2.05) is 18.2 Å². The van der Waals surface area contributed by atoms with E-state index in [0.717, 1.165) is 24.8 Å². The molecule has 1 aromatic rings. The van der Waals surface area contributed by atoms with Crippen molar-refractivity contribution in [3.8, 4) is 0 Å². The van der Waals surface area contributed by atoms with Gasteiger partial charge >= 0.3 is 6.09 Å². The summed E-state index contributed by atoms with van der Waals surface area (Å²) in [6.45, 7) is 2.56. The lowest BCUT2D eigenvalue weighted by molar-refractivity contribution is -0.132. The summed E-state index contributed by atoms with van der Waals surface area (Å²) in [7, 11) is 0. The maximum absolute atomic E-state index is 12.5. The lowest BCUT2D eigenvalue weighted by Gasteiger charge is -2.30. The van der Waals surface area contributed by atoms with Crippen molar-refractivity contribution in [2.45, 2.75) is 31.9 Å². The first-order valence-corrected chi connectivity index (χ1v) is 9.34. The second-order valence-electron chi connectivity index (χ2n) is 7.08. The predicted molar refractivity (Wildman–Crippen MR) is 96.1 cm³/mol. The van der Waals surface area contributed by atoms with Gasteiger partial charge in [0.1, 0.15) is 19.3 Å². The fourth-order valence-corrected chi connectivity index (χ4v) is 3.69. The van der Waals surface area contributed by atoms with Crippen LogP contribution in [0.2, 0.25) is 0 Å². The van der Waals surface area contributed by atoms with E-state index in [0.29, 0.717) is 38.5 Å². The van der Waals surface area contributed by atoms with Crippen LogP contribution in [-0.4, -0.2) is 66.7 Å². The highest BCUT2D eigenvalue weighted by atomic mass is 16.6. The predicted octanol–water partition coefficient (Wildman–Crippen LogP) is 1.14. The smallest absolute Gasteiger partial charge is 0.410 e. The van der Waals surface area contributed by atoms with Crippen LogP contribution in [0.1, 0.15) is 24.0 Å². The topological polar surface area (TPSA) is 88.2 Å². The number of anilines is 1. The van der Waals surface area contributed by atoms with Crippen LogP contribution in [-0.2, 0) is 32.0 Å². The third-order valence-electron chi connectivity index (χ3n) is 5.23. The number of carbonyl (C=O) groups excluding carboxylic acids is 3. The van der Waals surface area contributed by atoms with Gasteiger partial charge in [-0.3, -0.25) is 14.5 Å². The average molecular weight is 373 g/mol. The number of hydrogen-bond donors (Lipinski definition) is 1. The molecule has 3 aliphatic heterocycles. The van der Waals surface area contributed by atoms with E-state index in [1.54, 1.807) is 4.90 Å². The van der Waals surface area contributed by atoms with Crippen LogP contribution < -0.4 is 5.32 Å². The monoisotopic (exact) mass is 373 g/mol. The second kappa shape index (κ2) is 7.56. The zero-order chi connectivity index (χ0) is 18.8. The Balaban J connectivity index is 1.39. The largest absolute Gasteiger partial charge is 0.448 e. The van der Waals surface area contributed by atoms with Crippen molar-refractivity contribution in [1.82, 2.24) is 9.80 Å². The molecule has 0 bridgehead atoms. The van der Waals surface area contributed by atoms with Crippen LogP contribution >= 0.6 is 0 Å². The Morgan fingerprint density at radius 3 is 2.81 bits per heavy atom. The number of carbonyl (C=O) groups is 3. The molecule has 0 spiro atoms. The highest BCUT2D eigenvalue weighted by Crippen LogP contribution is 2.24. The van der Waals surface area contributed by atoms with Crippen molar-refractivity contribution in [3.05, 3.63) is 29.3 Å². The number of fused-ring (bicyclic) bond motifs is 1. The maximum atomic E-state index is 12.5. The minimum absolute atomic E-state index is 0.0453. The van der Waals surface area contributed by atoms with E-state index in [-0.39, 0.29) is 24.5 Å². The first-order valence-electron chi connectivity index (χ1n) is 9.34. The molecule has 0 saturated carbocycles. The summed E-state index contributed by atoms with van der Waals surface area (Å²) in [6, 6.07) is 5.81. The Morgan fingerprint density at radius 1 is 1.19 bits per heavy atom. The first kappa shape index (κ1) is 17.8. The molecule has 0 aromatic heterocycles. The highest BCUT2D eigenvalue weighted by molar-refractivity contribution is 5.94. The van der Waals surface area contributed by atoms with Crippen molar-refractivity contribution in [2.24, 2.45) is 0 Å². The molecular weight excluding hydrogens is 350 g/mol. The minimum atomic E-state index is -0.431. The molecule has 4 rings (SSSR count). The van der Waals surface area contributed by atoms with Gasteiger partial charge in [-0.2, -0.15) is 0 Å². The lowest BCUT2D eigenvalue weighted by Crippen LogP contribution is -2.43. The third-order valence-corrected chi connectivity index (χ3v) is 5.23. The van der Waals surface area contributed by atoms with Crippen LogP contribution in [0.3, 0.4) is 0 Å². The standard InChI is InChI=1S/C19H23N3O5/c23-17(12-22-7-9-27-19(22)25)21-6-5-13-3-4-15(10-14(13)11-21)20-18(24)16-2-1-8-26-16/h3-4,10,16H,1-2,5-9,11-12H2,(H,20,24). The van der Waals surface area contributed by atoms with Gasteiger partial charge in [-0.15, -0.1) is 0 Å². The molecule has 8 heteroatoms. The van der Waals surface area contributed by atoms with Crippen LogP contribution in [0.25, 0.3) is 0 Å². The Hall–Kier alpha value is -2.61. The summed E-state index contributed by atoms with van der Waals surface area (Å²) < 4.78 is 10.3. The van der Waals surface area contributed by atoms with Crippen LogP contribution in [0.4, 0.5) is 10.5 Å². The summed E-state index contributed by atoms with van der Waals surface area (Å²) in [6.07, 6.45) is 1.60. The summed E-state index contributed by atoms with van der Waals surface area (Å²) >= 11 is 0. The van der Waals surface area contributed by atoms with E-state index >= 15 is 0 Å². The van der Waals surface area contributed by atoms with Gasteiger partial charge in [0.25, 0.3) is 5.91 Å². The molecule has 27 heavy (non-hydrogen) atoms. The molecule has 1 unspecified atom stereocenters. The number of amides is 3. The Labute approximate surface area is 157 Å². The quantitative estimate of drug-likeness (QED) is 0.855. The summed E-state index contributed by atoms with van der Waals surface area (Å²) in [5, 5.41) is 2.91. The fraction of sp³-hybridized carbons (Fsp3) is 0.526. The van der Waals surface area contributed by atoms with Gasteiger partial charge in [0, 0.05) is 25.4 Å². The van der Waals surface area contributed by atoms with Gasteiger partial charge in [0.2, 0.25) is 5.91 Å². The second-order valence-corrected chi connectivity index (χ2v) is 7.08. The molecular formula is C19H23N3O5. The van der Waals surface area contributed by atoms with E-state index in [4.69, 9.17) is 9.47 Å². The number of cyclic esters (lactones) is 1. The molecule has 0 aliphatic carbocycles. The average Bonchev–Trinajstić information content (AvgIpc) is 3.33. The van der Waals surface area contributed by atoms with E-state index in [2.05, 4.69) is 5.32 Å². The molecule has 3 amide bonds. The van der Waals surface area contributed by atoms with Gasteiger partial charge in [0.15, 0.2) is 0 Å². The van der Waals surface area contributed by atoms with Crippen molar-refractivity contribution in [1.29, 1.82) is 0 Å². The molecule has 3 heterocycles. The van der Waals surface area contributed by atoms with Crippen molar-refractivity contribution in [3.63, 3.8) is 0 Å². The molecule has 8 nitrogen and oxygen atoms in total. The van der Waals surface area contributed by atoms with E-state index in [1.165, 1.54) is 10.5 Å². The zero-order valence-corrected chi connectivity index (χ0v) is 15.1. The number of hydrogen-bond acceptors (Lipinski definition) is 5. The van der Waals surface area contributed by atoms with Crippen LogP contribution in [0, 0.1) is 0 Å². The number of ether oxygens (including phenoxy) is 2. The Bertz CT molecular complexity index is 760. The van der Waals surface area contributed by atoms with Gasteiger partial charge in [-0.05, 0) is 42.5 Å². The zero-order valence-electron chi connectivity index (χ0n) is 15.1. The normalized spacial score (nSPS) is 21.8. The third kappa shape index (κ3) is 3.90. The lowest BCUT2D eigenvalue weighted by atomic mass is 9.99. The number of nitrogens with zero attached hydrogens (tertiary/aromatic N) is 2. The maximum Gasteiger partial charge on any atom is 0.410 e. The summed E-state index contributed by atoms with van der Waals surface area (Å²) in [4.78, 5) is 39.5. The molecule has 1 atom stereocenters. The number of benzene rings is 1. The summed E-state index contributed by atoms with van der Waals surface area (Å²) in [5.74, 6) is -0.211. The van der Waals surface area contributed by atoms with Gasteiger partial charge in [-0.1, -0.05) is 6.07 Å². The molecule has 2 saturated heterocycles. The number of rotatable bonds is 4. The first-order chi connectivity index (χ1) is 13.1. The Kier molecular flexibility index (Phi) is 4.98. The van der Waals surface area contributed by atoms with Crippen LogP contribution in [0.5, 0.6) is 0 Å².